The molecule has 0 spiro atoms. The number of pyridine rings is 1. The van der Waals surface area contributed by atoms with Crippen molar-refractivity contribution >= 4 is 38.3 Å². The van der Waals surface area contributed by atoms with Gasteiger partial charge in [-0.2, -0.15) is 0 Å². The highest BCUT2D eigenvalue weighted by Crippen LogP contribution is 2.17. The van der Waals surface area contributed by atoms with Gasteiger partial charge in [-0.05, 0) is 22.0 Å². The van der Waals surface area contributed by atoms with Crippen LogP contribution in [0.5, 0.6) is 0 Å². The normalized spacial score (nSPS) is 15.4. The SMILES string of the molecule is O=C(Cn1cc(Br)ccc1=O)Nc1nc(CN2CCOCC2)cs1. The first kappa shape index (κ1) is 17.3. The summed E-state index contributed by atoms with van der Waals surface area (Å²) in [7, 11) is 0. The molecule has 0 radical (unpaired) electrons. The zero-order valence-corrected chi connectivity index (χ0v) is 15.3. The van der Waals surface area contributed by atoms with Crippen molar-refractivity contribution in [3.8, 4) is 0 Å². The number of nitrogens with zero attached hydrogens (tertiary/aromatic N) is 3. The van der Waals surface area contributed by atoms with E-state index in [-0.39, 0.29) is 18.0 Å². The van der Waals surface area contributed by atoms with Gasteiger partial charge in [0.1, 0.15) is 6.54 Å². The molecule has 0 aliphatic carbocycles. The van der Waals surface area contributed by atoms with Crippen LogP contribution in [-0.2, 0) is 22.6 Å². The van der Waals surface area contributed by atoms with Crippen LogP contribution in [0.25, 0.3) is 0 Å². The van der Waals surface area contributed by atoms with Gasteiger partial charge < -0.3 is 14.6 Å². The smallest absolute Gasteiger partial charge is 0.251 e. The highest BCUT2D eigenvalue weighted by Gasteiger charge is 2.13. The van der Waals surface area contributed by atoms with Gasteiger partial charge in [0.05, 0.1) is 18.9 Å². The lowest BCUT2D eigenvalue weighted by atomic mass is 10.4. The highest BCUT2D eigenvalue weighted by molar-refractivity contribution is 9.10. The van der Waals surface area contributed by atoms with Crippen molar-refractivity contribution < 1.29 is 9.53 Å². The highest BCUT2D eigenvalue weighted by atomic mass is 79.9. The summed E-state index contributed by atoms with van der Waals surface area (Å²) in [5.41, 5.74) is 0.706. The number of thiazole rings is 1. The Bertz CT molecular complexity index is 770. The van der Waals surface area contributed by atoms with Crippen molar-refractivity contribution in [1.29, 1.82) is 0 Å². The number of aromatic nitrogens is 2. The largest absolute Gasteiger partial charge is 0.379 e. The Morgan fingerprint density at radius 1 is 1.38 bits per heavy atom. The number of morpholine rings is 1. The fraction of sp³-hybridized carbons (Fsp3) is 0.400. The van der Waals surface area contributed by atoms with Gasteiger partial charge in [0.25, 0.3) is 5.56 Å². The lowest BCUT2D eigenvalue weighted by molar-refractivity contribution is -0.116. The lowest BCUT2D eigenvalue weighted by Crippen LogP contribution is -2.35. The maximum Gasteiger partial charge on any atom is 0.251 e. The monoisotopic (exact) mass is 412 g/mol. The molecule has 7 nitrogen and oxygen atoms in total. The van der Waals surface area contributed by atoms with Crippen LogP contribution >= 0.6 is 27.3 Å². The molecule has 2 aromatic heterocycles. The number of amides is 1. The summed E-state index contributed by atoms with van der Waals surface area (Å²) in [5, 5.41) is 5.23. The Kier molecular flexibility index (Phi) is 5.77. The Labute approximate surface area is 151 Å². The van der Waals surface area contributed by atoms with E-state index in [4.69, 9.17) is 4.74 Å². The summed E-state index contributed by atoms with van der Waals surface area (Å²) < 4.78 is 7.42. The van der Waals surface area contributed by atoms with Crippen LogP contribution < -0.4 is 10.9 Å². The topological polar surface area (TPSA) is 76.5 Å². The molecule has 3 rings (SSSR count). The summed E-state index contributed by atoms with van der Waals surface area (Å²) in [6, 6.07) is 3.07. The van der Waals surface area contributed by atoms with Crippen LogP contribution in [0, 0.1) is 0 Å². The molecule has 1 N–H and O–H groups in total. The fourth-order valence-electron chi connectivity index (χ4n) is 2.36. The summed E-state index contributed by atoms with van der Waals surface area (Å²) in [4.78, 5) is 30.5. The van der Waals surface area contributed by atoms with Crippen molar-refractivity contribution in [2.45, 2.75) is 13.1 Å². The van der Waals surface area contributed by atoms with Crippen molar-refractivity contribution in [2.75, 3.05) is 31.6 Å². The molecule has 128 valence electrons. The van der Waals surface area contributed by atoms with Crippen LogP contribution in [0.4, 0.5) is 5.13 Å². The number of carbonyl (C=O) groups excluding carboxylic acids is 1. The summed E-state index contributed by atoms with van der Waals surface area (Å²) in [5.74, 6) is -0.275. The Hall–Kier alpha value is -1.55. The molecular weight excluding hydrogens is 396 g/mol. The fourth-order valence-corrected chi connectivity index (χ4v) is 3.46. The lowest BCUT2D eigenvalue weighted by Gasteiger charge is -2.25. The molecule has 2 aromatic rings. The molecule has 3 heterocycles. The van der Waals surface area contributed by atoms with E-state index < -0.39 is 0 Å². The van der Waals surface area contributed by atoms with Crippen molar-refractivity contribution in [2.24, 2.45) is 0 Å². The number of hydrogen-bond acceptors (Lipinski definition) is 6. The number of ether oxygens (including phenoxy) is 1. The Morgan fingerprint density at radius 2 is 2.17 bits per heavy atom. The van der Waals surface area contributed by atoms with Crippen molar-refractivity contribution in [1.82, 2.24) is 14.5 Å². The summed E-state index contributed by atoms with van der Waals surface area (Å²) in [6.07, 6.45) is 1.59. The van der Waals surface area contributed by atoms with Crippen LogP contribution in [0.2, 0.25) is 0 Å². The van der Waals surface area contributed by atoms with Gasteiger partial charge >= 0.3 is 0 Å². The zero-order chi connectivity index (χ0) is 16.9. The maximum absolute atomic E-state index is 12.1. The number of halogens is 1. The molecule has 1 saturated heterocycles. The average Bonchev–Trinajstić information content (AvgIpc) is 2.98. The molecule has 9 heteroatoms. The molecule has 0 atom stereocenters. The standard InChI is InChI=1S/C15H17BrN4O3S/c16-11-1-2-14(22)20(7-11)9-13(21)18-15-17-12(10-24-15)8-19-3-5-23-6-4-19/h1-2,7,10H,3-6,8-9H2,(H,17,18,21). The van der Waals surface area contributed by atoms with Gasteiger partial charge in [0, 0.05) is 41.8 Å². The van der Waals surface area contributed by atoms with Crippen LogP contribution in [-0.4, -0.2) is 46.7 Å². The first-order chi connectivity index (χ1) is 11.6. The number of anilines is 1. The van der Waals surface area contributed by atoms with E-state index in [9.17, 15) is 9.59 Å². The molecule has 1 amide bonds. The van der Waals surface area contributed by atoms with Gasteiger partial charge in [-0.1, -0.05) is 0 Å². The number of hydrogen-bond donors (Lipinski definition) is 1. The zero-order valence-electron chi connectivity index (χ0n) is 12.9. The van der Waals surface area contributed by atoms with Crippen LogP contribution in [0.1, 0.15) is 5.69 Å². The Morgan fingerprint density at radius 3 is 2.96 bits per heavy atom. The van der Waals surface area contributed by atoms with E-state index in [0.717, 1.165) is 43.0 Å². The average molecular weight is 413 g/mol. The second-order valence-corrected chi connectivity index (χ2v) is 7.17. The summed E-state index contributed by atoms with van der Waals surface area (Å²) in [6.45, 7) is 3.98. The third-order valence-electron chi connectivity index (χ3n) is 3.55. The number of carbonyl (C=O) groups is 1. The molecule has 24 heavy (non-hydrogen) atoms. The second kappa shape index (κ2) is 8.02. The van der Waals surface area contributed by atoms with E-state index in [0.29, 0.717) is 5.13 Å². The molecule has 1 aliphatic rings. The minimum atomic E-state index is -0.275. The van der Waals surface area contributed by atoms with E-state index in [2.05, 4.69) is 31.1 Å². The third-order valence-corrected chi connectivity index (χ3v) is 4.82. The van der Waals surface area contributed by atoms with Crippen molar-refractivity contribution in [3.63, 3.8) is 0 Å². The molecule has 0 saturated carbocycles. The Balaban J connectivity index is 1.56. The van der Waals surface area contributed by atoms with Gasteiger partial charge in [-0.15, -0.1) is 11.3 Å². The third kappa shape index (κ3) is 4.73. The first-order valence-electron chi connectivity index (χ1n) is 7.50. The molecule has 0 bridgehead atoms. The molecule has 1 fully saturated rings. The van der Waals surface area contributed by atoms with Crippen LogP contribution in [0.15, 0.2) is 33.0 Å². The quantitative estimate of drug-likeness (QED) is 0.805. The first-order valence-corrected chi connectivity index (χ1v) is 9.18. The molecule has 1 aliphatic heterocycles. The van der Waals surface area contributed by atoms with Gasteiger partial charge in [-0.25, -0.2) is 4.98 Å². The van der Waals surface area contributed by atoms with E-state index in [1.165, 1.54) is 22.0 Å². The van der Waals surface area contributed by atoms with Crippen LogP contribution in [0.3, 0.4) is 0 Å². The summed E-state index contributed by atoms with van der Waals surface area (Å²) >= 11 is 4.67. The van der Waals surface area contributed by atoms with Gasteiger partial charge in [-0.3, -0.25) is 14.5 Å². The molecular formula is C15H17BrN4O3S. The van der Waals surface area contributed by atoms with Gasteiger partial charge in [0.15, 0.2) is 5.13 Å². The van der Waals surface area contributed by atoms with Crippen molar-refractivity contribution in [3.05, 3.63) is 44.2 Å². The minimum absolute atomic E-state index is 0.0450. The number of nitrogens with one attached hydrogen (secondary N) is 1. The van der Waals surface area contributed by atoms with E-state index in [1.54, 1.807) is 12.3 Å². The van der Waals surface area contributed by atoms with E-state index >= 15 is 0 Å². The number of rotatable bonds is 5. The molecule has 0 aromatic carbocycles. The van der Waals surface area contributed by atoms with Gasteiger partial charge in [0.2, 0.25) is 5.91 Å². The second-order valence-electron chi connectivity index (χ2n) is 5.39. The maximum atomic E-state index is 12.1. The predicted molar refractivity (Wildman–Crippen MR) is 95.2 cm³/mol. The van der Waals surface area contributed by atoms with E-state index in [1.807, 2.05) is 5.38 Å². The molecule has 0 unspecified atom stereocenters. The predicted octanol–water partition coefficient (Wildman–Crippen LogP) is 1.54. The minimum Gasteiger partial charge on any atom is -0.379 e.